The molecular weight excluding hydrogens is 120 g/mol. The Labute approximate surface area is 52.9 Å². The summed E-state index contributed by atoms with van der Waals surface area (Å²) >= 11 is 0. The molecule has 0 radical (unpaired) electrons. The molecule has 9 heavy (non-hydrogen) atoms. The molecule has 0 rings (SSSR count). The number of allylic oxidation sites excluding steroid dienone is 1. The Kier molecular flexibility index (Phi) is 3.31. The van der Waals surface area contributed by atoms with E-state index in [0.29, 0.717) is 6.29 Å². The zero-order valence-electron chi connectivity index (χ0n) is 5.07. The SMILES string of the molecule is CN(N)C(=O)/C=C\C=O. The molecule has 4 heteroatoms. The Morgan fingerprint density at radius 1 is 1.67 bits per heavy atom. The van der Waals surface area contributed by atoms with E-state index in [1.807, 2.05) is 0 Å². The van der Waals surface area contributed by atoms with Gasteiger partial charge in [0, 0.05) is 13.1 Å². The maximum absolute atomic E-state index is 10.5. The van der Waals surface area contributed by atoms with Crippen LogP contribution in [0, 0.1) is 0 Å². The Bertz CT molecular complexity index is 140. The smallest absolute Gasteiger partial charge is 0.260 e. The second-order valence-electron chi connectivity index (χ2n) is 1.44. The van der Waals surface area contributed by atoms with E-state index in [9.17, 15) is 9.59 Å². The normalized spacial score (nSPS) is 9.56. The molecule has 50 valence electrons. The van der Waals surface area contributed by atoms with Crippen molar-refractivity contribution in [1.82, 2.24) is 5.01 Å². The van der Waals surface area contributed by atoms with E-state index >= 15 is 0 Å². The van der Waals surface area contributed by atoms with Crippen molar-refractivity contribution in [3.05, 3.63) is 12.2 Å². The van der Waals surface area contributed by atoms with Gasteiger partial charge in [0.05, 0.1) is 0 Å². The van der Waals surface area contributed by atoms with Crippen molar-refractivity contribution in [2.45, 2.75) is 0 Å². The third-order valence-electron chi connectivity index (χ3n) is 0.665. The first-order valence-electron chi connectivity index (χ1n) is 2.32. The minimum Gasteiger partial charge on any atom is -0.299 e. The second-order valence-corrected chi connectivity index (χ2v) is 1.44. The summed E-state index contributed by atoms with van der Waals surface area (Å²) in [5, 5.41) is 0.889. The minimum absolute atomic E-state index is 0.401. The van der Waals surface area contributed by atoms with Gasteiger partial charge in [-0.2, -0.15) is 0 Å². The lowest BCUT2D eigenvalue weighted by atomic mass is 10.5. The van der Waals surface area contributed by atoms with Gasteiger partial charge in [0.15, 0.2) is 0 Å². The quantitative estimate of drug-likeness (QED) is 0.172. The predicted molar refractivity (Wildman–Crippen MR) is 32.2 cm³/mol. The van der Waals surface area contributed by atoms with E-state index in [4.69, 9.17) is 5.84 Å². The van der Waals surface area contributed by atoms with Crippen molar-refractivity contribution in [2.75, 3.05) is 7.05 Å². The average Bonchev–Trinajstić information content (AvgIpc) is 1.82. The maximum Gasteiger partial charge on any atom is 0.260 e. The molecule has 0 aliphatic heterocycles. The molecule has 0 aromatic heterocycles. The van der Waals surface area contributed by atoms with E-state index in [1.54, 1.807) is 0 Å². The van der Waals surface area contributed by atoms with E-state index in [0.717, 1.165) is 17.2 Å². The van der Waals surface area contributed by atoms with Crippen LogP contribution >= 0.6 is 0 Å². The van der Waals surface area contributed by atoms with Gasteiger partial charge in [-0.3, -0.25) is 14.6 Å². The van der Waals surface area contributed by atoms with Crippen LogP contribution in [-0.2, 0) is 9.59 Å². The Balaban J connectivity index is 3.76. The van der Waals surface area contributed by atoms with Crippen LogP contribution in [0.2, 0.25) is 0 Å². The maximum atomic E-state index is 10.5. The number of rotatable bonds is 2. The summed E-state index contributed by atoms with van der Waals surface area (Å²) in [5.41, 5.74) is 0. The molecule has 0 fully saturated rings. The number of carbonyl (C=O) groups excluding carboxylic acids is 2. The van der Waals surface area contributed by atoms with E-state index < -0.39 is 5.91 Å². The molecule has 0 heterocycles. The Hall–Kier alpha value is -1.16. The van der Waals surface area contributed by atoms with Gasteiger partial charge >= 0.3 is 0 Å². The van der Waals surface area contributed by atoms with Gasteiger partial charge in [0.2, 0.25) is 0 Å². The minimum atomic E-state index is -0.401. The number of amides is 1. The molecular formula is C5H8N2O2. The third kappa shape index (κ3) is 3.42. The van der Waals surface area contributed by atoms with Gasteiger partial charge in [0.1, 0.15) is 6.29 Å². The van der Waals surface area contributed by atoms with Crippen LogP contribution < -0.4 is 5.84 Å². The number of aldehydes is 1. The molecule has 1 amide bonds. The molecule has 4 nitrogen and oxygen atoms in total. The highest BCUT2D eigenvalue weighted by atomic mass is 16.2. The molecule has 0 aliphatic carbocycles. The topological polar surface area (TPSA) is 63.4 Å². The molecule has 0 bridgehead atoms. The van der Waals surface area contributed by atoms with E-state index in [2.05, 4.69) is 0 Å². The van der Waals surface area contributed by atoms with Gasteiger partial charge in [0.25, 0.3) is 5.91 Å². The fourth-order valence-corrected chi connectivity index (χ4v) is 0.239. The zero-order valence-corrected chi connectivity index (χ0v) is 5.07. The lowest BCUT2D eigenvalue weighted by Crippen LogP contribution is -2.31. The molecule has 0 saturated heterocycles. The van der Waals surface area contributed by atoms with E-state index in [1.165, 1.54) is 7.05 Å². The van der Waals surface area contributed by atoms with Crippen LogP contribution in [0.3, 0.4) is 0 Å². The van der Waals surface area contributed by atoms with Crippen LogP contribution in [0.1, 0.15) is 0 Å². The van der Waals surface area contributed by atoms with Crippen LogP contribution in [0.15, 0.2) is 12.2 Å². The highest BCUT2D eigenvalue weighted by molar-refractivity contribution is 5.90. The average molecular weight is 128 g/mol. The van der Waals surface area contributed by atoms with Crippen molar-refractivity contribution in [3.63, 3.8) is 0 Å². The predicted octanol–water partition coefficient (Wildman–Crippen LogP) is -0.926. The summed E-state index contributed by atoms with van der Waals surface area (Å²) in [5.74, 6) is 4.59. The zero-order chi connectivity index (χ0) is 7.28. The Morgan fingerprint density at radius 2 is 2.22 bits per heavy atom. The molecule has 0 spiro atoms. The monoisotopic (exact) mass is 128 g/mol. The molecule has 0 aromatic rings. The summed E-state index contributed by atoms with van der Waals surface area (Å²) in [6.07, 6.45) is 2.69. The molecule has 0 aromatic carbocycles. The standard InChI is InChI=1S/C5H8N2O2/c1-7(6)5(9)3-2-4-8/h2-4H,6H2,1H3/b3-2-. The summed E-state index contributed by atoms with van der Waals surface area (Å²) in [6.45, 7) is 0. The lowest BCUT2D eigenvalue weighted by Gasteiger charge is -2.03. The van der Waals surface area contributed by atoms with Gasteiger partial charge in [-0.05, 0) is 6.08 Å². The van der Waals surface area contributed by atoms with Crippen molar-refractivity contribution >= 4 is 12.2 Å². The molecule has 0 unspecified atom stereocenters. The van der Waals surface area contributed by atoms with Gasteiger partial charge in [-0.15, -0.1) is 0 Å². The summed E-state index contributed by atoms with van der Waals surface area (Å²) in [6, 6.07) is 0. The van der Waals surface area contributed by atoms with Crippen LogP contribution in [0.25, 0.3) is 0 Å². The number of hydrogen-bond donors (Lipinski definition) is 1. The Morgan fingerprint density at radius 3 is 2.56 bits per heavy atom. The summed E-state index contributed by atoms with van der Waals surface area (Å²) in [7, 11) is 1.40. The fourth-order valence-electron chi connectivity index (χ4n) is 0.239. The molecule has 0 atom stereocenters. The number of likely N-dealkylation sites (N-methyl/N-ethyl adjacent to an activating group) is 1. The van der Waals surface area contributed by atoms with Crippen LogP contribution in [0.5, 0.6) is 0 Å². The highest BCUT2D eigenvalue weighted by Crippen LogP contribution is 1.75. The highest BCUT2D eigenvalue weighted by Gasteiger charge is 1.94. The number of hydrogen-bond acceptors (Lipinski definition) is 3. The number of nitrogens with zero attached hydrogens (tertiary/aromatic N) is 1. The molecule has 0 saturated carbocycles. The molecule has 0 aliphatic rings. The van der Waals surface area contributed by atoms with Crippen molar-refractivity contribution in [2.24, 2.45) is 5.84 Å². The van der Waals surface area contributed by atoms with Gasteiger partial charge in [-0.25, -0.2) is 5.84 Å². The number of hydrazine groups is 1. The largest absolute Gasteiger partial charge is 0.299 e. The van der Waals surface area contributed by atoms with Crippen molar-refractivity contribution < 1.29 is 9.59 Å². The molecule has 2 N–H and O–H groups in total. The van der Waals surface area contributed by atoms with E-state index in [-0.39, 0.29) is 0 Å². The van der Waals surface area contributed by atoms with Gasteiger partial charge < -0.3 is 0 Å². The lowest BCUT2D eigenvalue weighted by molar-refractivity contribution is -0.125. The summed E-state index contributed by atoms with van der Waals surface area (Å²) < 4.78 is 0. The fraction of sp³-hybridized carbons (Fsp3) is 0.200. The van der Waals surface area contributed by atoms with Crippen molar-refractivity contribution in [1.29, 1.82) is 0 Å². The first-order valence-corrected chi connectivity index (χ1v) is 2.32. The van der Waals surface area contributed by atoms with Crippen LogP contribution in [-0.4, -0.2) is 24.2 Å². The number of carbonyl (C=O) groups is 2. The van der Waals surface area contributed by atoms with Crippen LogP contribution in [0.4, 0.5) is 0 Å². The van der Waals surface area contributed by atoms with Crippen molar-refractivity contribution in [3.8, 4) is 0 Å². The summed E-state index contributed by atoms with van der Waals surface area (Å²) in [4.78, 5) is 20.1. The second kappa shape index (κ2) is 3.80. The first kappa shape index (κ1) is 7.84. The third-order valence-corrected chi connectivity index (χ3v) is 0.665. The van der Waals surface area contributed by atoms with Gasteiger partial charge in [-0.1, -0.05) is 0 Å². The number of nitrogens with two attached hydrogens (primary N) is 1. The first-order chi connectivity index (χ1) is 4.18.